The Morgan fingerprint density at radius 2 is 1.69 bits per heavy atom. The molecule has 1 atom stereocenters. The summed E-state index contributed by atoms with van der Waals surface area (Å²) in [6, 6.07) is 15.5. The summed E-state index contributed by atoms with van der Waals surface area (Å²) in [4.78, 5) is 25.7. The summed E-state index contributed by atoms with van der Waals surface area (Å²) in [5, 5.41) is 0. The molecule has 2 aromatic rings. The second kappa shape index (κ2) is 7.16. The Bertz CT molecular complexity index is 836. The van der Waals surface area contributed by atoms with Gasteiger partial charge in [0.15, 0.2) is 5.41 Å². The lowest BCUT2D eigenvalue weighted by atomic mass is 9.74. The fraction of sp³-hybridized carbons (Fsp3) is 0.273. The smallest absolute Gasteiger partial charge is 0.328 e. The van der Waals surface area contributed by atoms with E-state index in [-0.39, 0.29) is 5.92 Å². The van der Waals surface area contributed by atoms with Crippen molar-refractivity contribution in [2.24, 2.45) is 5.92 Å². The number of carbonyl (C=O) groups excluding carboxylic acids is 2. The van der Waals surface area contributed by atoms with Gasteiger partial charge in [-0.2, -0.15) is 0 Å². The van der Waals surface area contributed by atoms with Crippen molar-refractivity contribution < 1.29 is 19.1 Å². The van der Waals surface area contributed by atoms with Crippen molar-refractivity contribution >= 4 is 18.0 Å². The molecule has 4 heteroatoms. The van der Waals surface area contributed by atoms with E-state index in [4.69, 9.17) is 9.47 Å². The first-order valence-electron chi connectivity index (χ1n) is 8.54. The Morgan fingerprint density at radius 3 is 2.31 bits per heavy atom. The van der Waals surface area contributed by atoms with Gasteiger partial charge in [0.05, 0.1) is 14.2 Å². The predicted octanol–water partition coefficient (Wildman–Crippen LogP) is 3.46. The molecule has 3 rings (SSSR count). The number of hydrogen-bond donors (Lipinski definition) is 0. The highest BCUT2D eigenvalue weighted by Gasteiger charge is 2.59. The molecule has 0 bridgehead atoms. The Balaban J connectivity index is 2.14. The van der Waals surface area contributed by atoms with E-state index in [0.29, 0.717) is 12.0 Å². The molecule has 4 nitrogen and oxygen atoms in total. The van der Waals surface area contributed by atoms with Crippen LogP contribution >= 0.6 is 0 Å². The first kappa shape index (κ1) is 17.9. The third kappa shape index (κ3) is 2.81. The lowest BCUT2D eigenvalue weighted by Gasteiger charge is -2.29. The standard InChI is InChI=1S/C22H22O4/c1-15-9-12-19-17(13-15)14-18(11-10-16-7-5-4-6-8-16)22(19,20(23)25-2)21(24)26-3/h4-13,18H,14H2,1-3H3/b11-10+/t18-/m1/s1. The van der Waals surface area contributed by atoms with Crippen LogP contribution in [0.5, 0.6) is 0 Å². The topological polar surface area (TPSA) is 52.6 Å². The molecule has 0 aromatic heterocycles. The molecule has 1 aliphatic carbocycles. The summed E-state index contributed by atoms with van der Waals surface area (Å²) >= 11 is 0. The molecule has 0 unspecified atom stereocenters. The molecule has 0 spiro atoms. The monoisotopic (exact) mass is 350 g/mol. The maximum atomic E-state index is 12.8. The molecule has 1 aliphatic rings. The Hall–Kier alpha value is -2.88. The van der Waals surface area contributed by atoms with Gasteiger partial charge in [0.2, 0.25) is 0 Å². The summed E-state index contributed by atoms with van der Waals surface area (Å²) in [6.45, 7) is 1.99. The van der Waals surface area contributed by atoms with Crippen molar-refractivity contribution in [1.82, 2.24) is 0 Å². The van der Waals surface area contributed by atoms with E-state index < -0.39 is 17.4 Å². The minimum atomic E-state index is -1.47. The minimum absolute atomic E-state index is 0.376. The zero-order valence-electron chi connectivity index (χ0n) is 15.2. The molecular weight excluding hydrogens is 328 g/mol. The lowest BCUT2D eigenvalue weighted by molar-refractivity contribution is -0.163. The first-order chi connectivity index (χ1) is 12.5. The van der Waals surface area contributed by atoms with Crippen molar-refractivity contribution in [3.8, 4) is 0 Å². The molecule has 0 radical (unpaired) electrons. The van der Waals surface area contributed by atoms with Crippen LogP contribution in [-0.2, 0) is 30.9 Å². The van der Waals surface area contributed by atoms with Crippen LogP contribution in [0, 0.1) is 12.8 Å². The van der Waals surface area contributed by atoms with Crippen molar-refractivity contribution in [2.75, 3.05) is 14.2 Å². The van der Waals surface area contributed by atoms with Crippen LogP contribution in [0.1, 0.15) is 22.3 Å². The highest BCUT2D eigenvalue weighted by atomic mass is 16.5. The second-order valence-electron chi connectivity index (χ2n) is 6.53. The number of methoxy groups -OCH3 is 2. The Kier molecular flexibility index (Phi) is 4.94. The Morgan fingerprint density at radius 1 is 1.04 bits per heavy atom. The lowest BCUT2D eigenvalue weighted by Crippen LogP contribution is -2.48. The molecule has 0 saturated carbocycles. The predicted molar refractivity (Wildman–Crippen MR) is 99.6 cm³/mol. The average Bonchev–Trinajstić information content (AvgIpc) is 2.99. The van der Waals surface area contributed by atoms with E-state index in [1.54, 1.807) is 0 Å². The number of carbonyl (C=O) groups is 2. The van der Waals surface area contributed by atoms with Gasteiger partial charge in [-0.25, -0.2) is 0 Å². The van der Waals surface area contributed by atoms with E-state index in [9.17, 15) is 9.59 Å². The Labute approximate surface area is 153 Å². The normalized spacial score (nSPS) is 17.7. The van der Waals surface area contributed by atoms with Gasteiger partial charge in [0.25, 0.3) is 0 Å². The average molecular weight is 350 g/mol. The number of ether oxygens (including phenoxy) is 2. The van der Waals surface area contributed by atoms with Crippen molar-refractivity contribution in [2.45, 2.75) is 18.8 Å². The van der Waals surface area contributed by atoms with Gasteiger partial charge in [0.1, 0.15) is 0 Å². The minimum Gasteiger partial charge on any atom is -0.468 e. The maximum absolute atomic E-state index is 12.8. The number of fused-ring (bicyclic) bond motifs is 1. The van der Waals surface area contributed by atoms with Crippen LogP contribution in [-0.4, -0.2) is 26.2 Å². The summed E-state index contributed by atoms with van der Waals surface area (Å²) < 4.78 is 10.1. The van der Waals surface area contributed by atoms with E-state index in [1.807, 2.05) is 67.6 Å². The second-order valence-corrected chi connectivity index (χ2v) is 6.53. The zero-order valence-corrected chi connectivity index (χ0v) is 15.2. The summed E-state index contributed by atoms with van der Waals surface area (Å²) in [7, 11) is 2.61. The molecule has 0 amide bonds. The summed E-state index contributed by atoms with van der Waals surface area (Å²) in [6.07, 6.45) is 4.42. The molecule has 134 valence electrons. The molecule has 26 heavy (non-hydrogen) atoms. The van der Waals surface area contributed by atoms with Crippen LogP contribution in [0.2, 0.25) is 0 Å². The van der Waals surface area contributed by atoms with Crippen molar-refractivity contribution in [3.05, 3.63) is 76.9 Å². The molecule has 0 aliphatic heterocycles. The number of rotatable bonds is 4. The number of hydrogen-bond acceptors (Lipinski definition) is 4. The number of benzene rings is 2. The van der Waals surface area contributed by atoms with Crippen molar-refractivity contribution in [1.29, 1.82) is 0 Å². The van der Waals surface area contributed by atoms with Gasteiger partial charge in [-0.1, -0.05) is 66.2 Å². The largest absolute Gasteiger partial charge is 0.468 e. The fourth-order valence-corrected chi connectivity index (χ4v) is 3.80. The third-order valence-corrected chi connectivity index (χ3v) is 5.02. The third-order valence-electron chi connectivity index (χ3n) is 5.02. The van der Waals surface area contributed by atoms with Crippen LogP contribution in [0.25, 0.3) is 6.08 Å². The SMILES string of the molecule is COC(=O)C1(C(=O)OC)c2ccc(C)cc2C[C@H]1/C=C/c1ccccc1. The number of esters is 2. The van der Waals surface area contributed by atoms with Gasteiger partial charge < -0.3 is 9.47 Å². The molecule has 2 aromatic carbocycles. The first-order valence-corrected chi connectivity index (χ1v) is 8.54. The summed E-state index contributed by atoms with van der Waals surface area (Å²) in [5.74, 6) is -1.55. The molecule has 0 fully saturated rings. The fourth-order valence-electron chi connectivity index (χ4n) is 3.80. The molecular formula is C22H22O4. The van der Waals surface area contributed by atoms with E-state index in [1.165, 1.54) is 14.2 Å². The van der Waals surface area contributed by atoms with Gasteiger partial charge >= 0.3 is 11.9 Å². The van der Waals surface area contributed by atoms with Gasteiger partial charge in [-0.05, 0) is 30.0 Å². The highest BCUT2D eigenvalue weighted by molar-refractivity contribution is 6.08. The maximum Gasteiger partial charge on any atom is 0.328 e. The quantitative estimate of drug-likeness (QED) is 0.626. The number of allylic oxidation sites excluding steroid dienone is 1. The molecule has 0 N–H and O–H groups in total. The van der Waals surface area contributed by atoms with Crippen LogP contribution < -0.4 is 0 Å². The highest BCUT2D eigenvalue weighted by Crippen LogP contribution is 2.46. The van der Waals surface area contributed by atoms with E-state index in [0.717, 1.165) is 16.7 Å². The van der Waals surface area contributed by atoms with Crippen molar-refractivity contribution in [3.63, 3.8) is 0 Å². The summed E-state index contributed by atoms with van der Waals surface area (Å²) in [5.41, 5.74) is 2.26. The molecule has 0 saturated heterocycles. The van der Waals surface area contributed by atoms with E-state index >= 15 is 0 Å². The van der Waals surface area contributed by atoms with Gasteiger partial charge in [-0.3, -0.25) is 9.59 Å². The van der Waals surface area contributed by atoms with Gasteiger partial charge in [0, 0.05) is 5.92 Å². The molecule has 0 heterocycles. The van der Waals surface area contributed by atoms with Gasteiger partial charge in [-0.15, -0.1) is 0 Å². The zero-order chi connectivity index (χ0) is 18.7. The van der Waals surface area contributed by atoms with Crippen LogP contribution in [0.15, 0.2) is 54.6 Å². The van der Waals surface area contributed by atoms with Crippen LogP contribution in [0.4, 0.5) is 0 Å². The van der Waals surface area contributed by atoms with E-state index in [2.05, 4.69) is 0 Å². The van der Waals surface area contributed by atoms with Crippen LogP contribution in [0.3, 0.4) is 0 Å². The number of aryl methyl sites for hydroxylation is 1.